The molecular formula is C17H15N3O. The van der Waals surface area contributed by atoms with Crippen molar-refractivity contribution in [3.63, 3.8) is 0 Å². The van der Waals surface area contributed by atoms with Crippen molar-refractivity contribution in [2.75, 3.05) is 5.32 Å². The first-order valence-corrected chi connectivity index (χ1v) is 7.17. The fraction of sp³-hybridized carbons (Fsp3) is 0.176. The first-order valence-electron chi connectivity index (χ1n) is 7.17. The maximum absolute atomic E-state index is 5.42. The van der Waals surface area contributed by atoms with Gasteiger partial charge in [-0.3, -0.25) is 0 Å². The standard InChI is InChI=1S/C17H15N3O/c1-2-8-13(9-3-1)18-17-19-16(21-20-17)15-11-5-7-12-6-4-10-14(12)15/h1-3,5,7-9,11H,4,6,10H2,(H,18,20). The average Bonchev–Trinajstić information content (AvgIpc) is 3.16. The molecular weight excluding hydrogens is 262 g/mol. The van der Waals surface area contributed by atoms with Crippen LogP contribution < -0.4 is 5.32 Å². The van der Waals surface area contributed by atoms with Gasteiger partial charge in [-0.05, 0) is 53.7 Å². The maximum Gasteiger partial charge on any atom is 0.268 e. The van der Waals surface area contributed by atoms with Gasteiger partial charge in [0.25, 0.3) is 11.8 Å². The molecule has 0 unspecified atom stereocenters. The SMILES string of the molecule is c1ccc(Nc2noc(-c3cccc4c3CCC4)n2)cc1. The van der Waals surface area contributed by atoms with Crippen molar-refractivity contribution in [3.8, 4) is 11.5 Å². The van der Waals surface area contributed by atoms with Crippen molar-refractivity contribution in [1.82, 2.24) is 10.1 Å². The molecule has 104 valence electrons. The van der Waals surface area contributed by atoms with E-state index in [0.29, 0.717) is 11.8 Å². The summed E-state index contributed by atoms with van der Waals surface area (Å²) in [7, 11) is 0. The van der Waals surface area contributed by atoms with Crippen LogP contribution in [0.1, 0.15) is 17.5 Å². The van der Waals surface area contributed by atoms with Crippen LogP contribution in [0.2, 0.25) is 0 Å². The second-order valence-corrected chi connectivity index (χ2v) is 5.21. The van der Waals surface area contributed by atoms with Crippen molar-refractivity contribution in [2.45, 2.75) is 19.3 Å². The third-order valence-corrected chi connectivity index (χ3v) is 3.83. The molecule has 2 aromatic carbocycles. The fourth-order valence-electron chi connectivity index (χ4n) is 2.85. The highest BCUT2D eigenvalue weighted by atomic mass is 16.5. The third-order valence-electron chi connectivity index (χ3n) is 3.83. The normalized spacial score (nSPS) is 13.1. The van der Waals surface area contributed by atoms with Crippen molar-refractivity contribution in [2.24, 2.45) is 0 Å². The first-order chi connectivity index (χ1) is 10.4. The quantitative estimate of drug-likeness (QED) is 0.787. The summed E-state index contributed by atoms with van der Waals surface area (Å²) in [6, 6.07) is 16.1. The Morgan fingerprint density at radius 2 is 1.86 bits per heavy atom. The Balaban J connectivity index is 1.65. The molecule has 1 aliphatic carbocycles. The molecule has 1 aromatic heterocycles. The number of anilines is 2. The molecule has 1 heterocycles. The summed E-state index contributed by atoms with van der Waals surface area (Å²) < 4.78 is 5.42. The molecule has 1 aliphatic rings. The Labute approximate surface area is 122 Å². The van der Waals surface area contributed by atoms with Crippen LogP contribution in [-0.2, 0) is 12.8 Å². The van der Waals surface area contributed by atoms with E-state index in [0.717, 1.165) is 24.1 Å². The molecule has 0 atom stereocenters. The molecule has 0 fully saturated rings. The Morgan fingerprint density at radius 3 is 2.76 bits per heavy atom. The zero-order valence-corrected chi connectivity index (χ0v) is 11.5. The van der Waals surface area contributed by atoms with Gasteiger partial charge in [0.05, 0.1) is 0 Å². The summed E-state index contributed by atoms with van der Waals surface area (Å²) in [5.41, 5.74) is 4.78. The lowest BCUT2D eigenvalue weighted by Gasteiger charge is -2.03. The largest absolute Gasteiger partial charge is 0.332 e. The van der Waals surface area contributed by atoms with E-state index < -0.39 is 0 Å². The number of para-hydroxylation sites is 1. The van der Waals surface area contributed by atoms with Crippen LogP contribution in [0.4, 0.5) is 11.6 Å². The third kappa shape index (κ3) is 2.29. The van der Waals surface area contributed by atoms with Gasteiger partial charge in [-0.1, -0.05) is 30.3 Å². The first kappa shape index (κ1) is 12.1. The van der Waals surface area contributed by atoms with Crippen LogP contribution in [0.5, 0.6) is 0 Å². The molecule has 4 rings (SSSR count). The Bertz CT molecular complexity index is 765. The number of nitrogens with one attached hydrogen (secondary N) is 1. The number of aryl methyl sites for hydroxylation is 1. The van der Waals surface area contributed by atoms with Gasteiger partial charge in [-0.25, -0.2) is 0 Å². The molecule has 3 aromatic rings. The number of nitrogens with zero attached hydrogens (tertiary/aromatic N) is 2. The smallest absolute Gasteiger partial charge is 0.268 e. The highest BCUT2D eigenvalue weighted by Gasteiger charge is 2.19. The van der Waals surface area contributed by atoms with E-state index in [2.05, 4.69) is 33.7 Å². The minimum absolute atomic E-state index is 0.492. The average molecular weight is 277 g/mol. The van der Waals surface area contributed by atoms with E-state index in [4.69, 9.17) is 4.52 Å². The second kappa shape index (κ2) is 5.05. The Hall–Kier alpha value is -2.62. The van der Waals surface area contributed by atoms with E-state index in [9.17, 15) is 0 Å². The molecule has 0 bridgehead atoms. The number of hydrogen-bond donors (Lipinski definition) is 1. The predicted octanol–water partition coefficient (Wildman–Crippen LogP) is 3.97. The molecule has 0 aliphatic heterocycles. The van der Waals surface area contributed by atoms with Gasteiger partial charge in [-0.15, -0.1) is 0 Å². The van der Waals surface area contributed by atoms with Gasteiger partial charge < -0.3 is 9.84 Å². The lowest BCUT2D eigenvalue weighted by Crippen LogP contribution is -1.92. The summed E-state index contributed by atoms with van der Waals surface area (Å²) in [6.45, 7) is 0. The van der Waals surface area contributed by atoms with Gasteiger partial charge in [0.15, 0.2) is 0 Å². The molecule has 0 spiro atoms. The van der Waals surface area contributed by atoms with Gasteiger partial charge in [-0.2, -0.15) is 4.98 Å². The number of fused-ring (bicyclic) bond motifs is 1. The molecule has 21 heavy (non-hydrogen) atoms. The summed E-state index contributed by atoms with van der Waals surface area (Å²) in [5.74, 6) is 1.08. The van der Waals surface area contributed by atoms with Gasteiger partial charge in [0.1, 0.15) is 0 Å². The number of hydrogen-bond acceptors (Lipinski definition) is 4. The van der Waals surface area contributed by atoms with Gasteiger partial charge in [0.2, 0.25) is 0 Å². The fourth-order valence-corrected chi connectivity index (χ4v) is 2.85. The van der Waals surface area contributed by atoms with Crippen molar-refractivity contribution in [1.29, 1.82) is 0 Å². The van der Waals surface area contributed by atoms with Crippen molar-refractivity contribution < 1.29 is 4.52 Å². The number of aromatic nitrogens is 2. The van der Waals surface area contributed by atoms with E-state index >= 15 is 0 Å². The Kier molecular flexibility index (Phi) is 2.92. The molecule has 0 radical (unpaired) electrons. The zero-order chi connectivity index (χ0) is 14.1. The molecule has 0 amide bonds. The molecule has 0 saturated heterocycles. The summed E-state index contributed by atoms with van der Waals surface area (Å²) >= 11 is 0. The Morgan fingerprint density at radius 1 is 0.952 bits per heavy atom. The lowest BCUT2D eigenvalue weighted by atomic mass is 10.0. The van der Waals surface area contributed by atoms with Crippen LogP contribution in [-0.4, -0.2) is 10.1 Å². The minimum Gasteiger partial charge on any atom is -0.332 e. The molecule has 4 heteroatoms. The maximum atomic E-state index is 5.42. The molecule has 4 nitrogen and oxygen atoms in total. The second-order valence-electron chi connectivity index (χ2n) is 5.21. The number of benzene rings is 2. The number of rotatable bonds is 3. The van der Waals surface area contributed by atoms with Crippen LogP contribution in [0.3, 0.4) is 0 Å². The summed E-state index contributed by atoms with van der Waals surface area (Å²) in [6.07, 6.45) is 3.44. The van der Waals surface area contributed by atoms with Crippen LogP contribution >= 0.6 is 0 Å². The van der Waals surface area contributed by atoms with E-state index in [-0.39, 0.29) is 0 Å². The topological polar surface area (TPSA) is 51.0 Å². The molecule has 1 N–H and O–H groups in total. The summed E-state index contributed by atoms with van der Waals surface area (Å²) in [4.78, 5) is 4.46. The van der Waals surface area contributed by atoms with E-state index in [1.54, 1.807) is 0 Å². The lowest BCUT2D eigenvalue weighted by molar-refractivity contribution is 0.432. The van der Waals surface area contributed by atoms with Gasteiger partial charge in [0, 0.05) is 11.3 Å². The monoisotopic (exact) mass is 277 g/mol. The van der Waals surface area contributed by atoms with Gasteiger partial charge >= 0.3 is 0 Å². The van der Waals surface area contributed by atoms with Crippen LogP contribution in [0.15, 0.2) is 53.1 Å². The molecule has 0 saturated carbocycles. The highest BCUT2D eigenvalue weighted by molar-refractivity contribution is 5.63. The minimum atomic E-state index is 0.492. The highest BCUT2D eigenvalue weighted by Crippen LogP contribution is 2.32. The van der Waals surface area contributed by atoms with Crippen LogP contribution in [0.25, 0.3) is 11.5 Å². The summed E-state index contributed by atoms with van der Waals surface area (Å²) in [5, 5.41) is 7.16. The van der Waals surface area contributed by atoms with Crippen LogP contribution in [0, 0.1) is 0 Å². The zero-order valence-electron chi connectivity index (χ0n) is 11.5. The van der Waals surface area contributed by atoms with E-state index in [1.807, 2.05) is 30.3 Å². The van der Waals surface area contributed by atoms with E-state index in [1.165, 1.54) is 17.5 Å². The van der Waals surface area contributed by atoms with Crippen molar-refractivity contribution >= 4 is 11.6 Å². The van der Waals surface area contributed by atoms with Crippen molar-refractivity contribution in [3.05, 3.63) is 59.7 Å². The predicted molar refractivity (Wildman–Crippen MR) is 81.5 cm³/mol.